The highest BCUT2D eigenvalue weighted by Crippen LogP contribution is 1.90. The summed E-state index contributed by atoms with van der Waals surface area (Å²) in [5.74, 6) is 2.22. The van der Waals surface area contributed by atoms with Crippen LogP contribution in [0.1, 0.15) is 5.56 Å². The monoisotopic (exact) mass is 120 g/mol. The molecule has 0 saturated heterocycles. The van der Waals surface area contributed by atoms with Gasteiger partial charge in [-0.3, -0.25) is 4.98 Å². The molecule has 1 aromatic rings. The van der Waals surface area contributed by atoms with Gasteiger partial charge in [0, 0.05) is 11.8 Å². The minimum Gasteiger partial charge on any atom is -0.255 e. The van der Waals surface area contributed by atoms with Crippen LogP contribution in [0.25, 0.3) is 0 Å². The highest BCUT2D eigenvalue weighted by molar-refractivity contribution is 5.29. The largest absolute Gasteiger partial charge is 0.255 e. The Bertz CT molecular complexity index is 232. The van der Waals surface area contributed by atoms with E-state index in [1.165, 1.54) is 18.4 Å². The molecular formula is C7H3FN. The predicted molar refractivity (Wildman–Crippen MR) is 31.1 cm³/mol. The molecule has 2 heteroatoms. The molecule has 0 saturated carbocycles. The first-order valence-corrected chi connectivity index (χ1v) is 2.37. The topological polar surface area (TPSA) is 12.9 Å². The quantitative estimate of drug-likeness (QED) is 0.468. The first-order chi connectivity index (χ1) is 4.43. The third-order valence-electron chi connectivity index (χ3n) is 0.815. The molecule has 1 aromatic heterocycles. The van der Waals surface area contributed by atoms with Crippen LogP contribution in [0.15, 0.2) is 18.3 Å². The number of halogens is 1. The fraction of sp³-hybridized carbons (Fsp3) is 0. The summed E-state index contributed by atoms with van der Waals surface area (Å²) in [7, 11) is 0. The third kappa shape index (κ3) is 1.54. The molecule has 0 aromatic carbocycles. The predicted octanol–water partition coefficient (Wildman–Crippen LogP) is 1.16. The second kappa shape index (κ2) is 2.83. The van der Waals surface area contributed by atoms with Crippen molar-refractivity contribution in [2.45, 2.75) is 0 Å². The van der Waals surface area contributed by atoms with Crippen molar-refractivity contribution >= 4 is 0 Å². The van der Waals surface area contributed by atoms with E-state index >= 15 is 0 Å². The van der Waals surface area contributed by atoms with Crippen LogP contribution in [0, 0.1) is 18.3 Å². The van der Waals surface area contributed by atoms with E-state index in [0.717, 1.165) is 0 Å². The van der Waals surface area contributed by atoms with Crippen molar-refractivity contribution in [3.63, 3.8) is 0 Å². The molecule has 0 aliphatic carbocycles. The van der Waals surface area contributed by atoms with Gasteiger partial charge in [0.1, 0.15) is 6.17 Å². The lowest BCUT2D eigenvalue weighted by Crippen LogP contribution is -1.72. The Kier molecular flexibility index (Phi) is 1.81. The van der Waals surface area contributed by atoms with Crippen molar-refractivity contribution in [1.29, 1.82) is 0 Å². The lowest BCUT2D eigenvalue weighted by molar-refractivity contribution is 0.773. The van der Waals surface area contributed by atoms with E-state index in [4.69, 9.17) is 0 Å². The number of hydrogen-bond donors (Lipinski definition) is 0. The van der Waals surface area contributed by atoms with E-state index in [2.05, 4.69) is 17.1 Å². The van der Waals surface area contributed by atoms with E-state index in [9.17, 15) is 4.39 Å². The van der Waals surface area contributed by atoms with Crippen LogP contribution < -0.4 is 0 Å². The molecule has 0 aliphatic rings. The SMILES string of the molecule is FC#Cc1c[c]ncc1. The van der Waals surface area contributed by atoms with Crippen molar-refractivity contribution in [2.24, 2.45) is 0 Å². The summed E-state index contributed by atoms with van der Waals surface area (Å²) in [5, 5.41) is 0. The molecule has 1 heterocycles. The van der Waals surface area contributed by atoms with Crippen LogP contribution in [0.5, 0.6) is 0 Å². The number of pyridine rings is 1. The maximum Gasteiger partial charge on any atom is 0.111 e. The van der Waals surface area contributed by atoms with Crippen molar-refractivity contribution in [1.82, 2.24) is 4.98 Å². The molecule has 0 amide bonds. The van der Waals surface area contributed by atoms with Gasteiger partial charge in [0.2, 0.25) is 0 Å². The van der Waals surface area contributed by atoms with Gasteiger partial charge < -0.3 is 0 Å². The maximum atomic E-state index is 11.3. The summed E-state index contributed by atoms with van der Waals surface area (Å²) in [4.78, 5) is 3.61. The smallest absolute Gasteiger partial charge is 0.111 e. The molecule has 0 fully saturated rings. The summed E-state index contributed by atoms with van der Waals surface area (Å²) in [6.45, 7) is 0. The van der Waals surface area contributed by atoms with Crippen LogP contribution in [-0.4, -0.2) is 4.98 Å². The van der Waals surface area contributed by atoms with Crippen LogP contribution >= 0.6 is 0 Å². The highest BCUT2D eigenvalue weighted by Gasteiger charge is 1.80. The molecule has 9 heavy (non-hydrogen) atoms. The second-order valence-electron chi connectivity index (χ2n) is 1.39. The zero-order valence-corrected chi connectivity index (χ0v) is 4.56. The molecule has 0 N–H and O–H groups in total. The zero-order chi connectivity index (χ0) is 6.53. The molecule has 0 unspecified atom stereocenters. The first-order valence-electron chi connectivity index (χ1n) is 2.37. The Balaban J connectivity index is 2.94. The van der Waals surface area contributed by atoms with Crippen LogP contribution in [0.4, 0.5) is 4.39 Å². The fourth-order valence-electron chi connectivity index (χ4n) is 0.448. The average Bonchev–Trinajstić information content (AvgIpc) is 1.91. The average molecular weight is 120 g/mol. The Morgan fingerprint density at radius 3 is 3.11 bits per heavy atom. The van der Waals surface area contributed by atoms with Gasteiger partial charge in [-0.15, -0.1) is 4.39 Å². The Hall–Kier alpha value is -1.36. The van der Waals surface area contributed by atoms with Crippen molar-refractivity contribution < 1.29 is 4.39 Å². The normalized spacial score (nSPS) is 7.67. The molecule has 0 aliphatic heterocycles. The van der Waals surface area contributed by atoms with Gasteiger partial charge in [-0.05, 0) is 18.1 Å². The number of aromatic nitrogens is 1. The number of nitrogens with zero attached hydrogens (tertiary/aromatic N) is 1. The molecule has 0 bridgehead atoms. The minimum absolute atomic E-state index is 0.590. The lowest BCUT2D eigenvalue weighted by Gasteiger charge is -1.81. The van der Waals surface area contributed by atoms with Crippen LogP contribution in [0.2, 0.25) is 0 Å². The summed E-state index contributed by atoms with van der Waals surface area (Å²) in [6.07, 6.45) is 5.33. The van der Waals surface area contributed by atoms with Crippen LogP contribution in [0.3, 0.4) is 0 Å². The maximum absolute atomic E-state index is 11.3. The Morgan fingerprint density at radius 1 is 1.67 bits per heavy atom. The molecule has 43 valence electrons. The zero-order valence-electron chi connectivity index (χ0n) is 4.56. The number of hydrogen-bond acceptors (Lipinski definition) is 1. The third-order valence-corrected chi connectivity index (χ3v) is 0.815. The second-order valence-corrected chi connectivity index (χ2v) is 1.39. The Labute approximate surface area is 52.5 Å². The Morgan fingerprint density at radius 2 is 2.56 bits per heavy atom. The van der Waals surface area contributed by atoms with E-state index in [1.54, 1.807) is 6.07 Å². The van der Waals surface area contributed by atoms with Crippen molar-refractivity contribution in [3.8, 4) is 12.1 Å². The van der Waals surface area contributed by atoms with Crippen LogP contribution in [-0.2, 0) is 0 Å². The summed E-state index contributed by atoms with van der Waals surface area (Å²) in [6, 6.07) is 3.13. The summed E-state index contributed by atoms with van der Waals surface area (Å²) < 4.78 is 11.3. The molecule has 1 nitrogen and oxygen atoms in total. The number of rotatable bonds is 0. The molecule has 1 radical (unpaired) electrons. The van der Waals surface area contributed by atoms with Gasteiger partial charge in [-0.25, -0.2) is 0 Å². The lowest BCUT2D eigenvalue weighted by atomic mass is 10.3. The minimum atomic E-state index is 0.590. The molecule has 1 rings (SSSR count). The first kappa shape index (κ1) is 5.77. The van der Waals surface area contributed by atoms with Gasteiger partial charge in [0.15, 0.2) is 0 Å². The standard InChI is InChI=1S/C7H3FN/c8-4-1-7-2-5-9-6-3-7/h2-3,5H. The van der Waals surface area contributed by atoms with E-state index in [1.807, 2.05) is 0 Å². The van der Waals surface area contributed by atoms with Gasteiger partial charge in [-0.1, -0.05) is 0 Å². The molecular weight excluding hydrogens is 117 g/mol. The van der Waals surface area contributed by atoms with Crippen molar-refractivity contribution in [3.05, 3.63) is 30.1 Å². The van der Waals surface area contributed by atoms with Gasteiger partial charge in [-0.2, -0.15) is 0 Å². The fourth-order valence-corrected chi connectivity index (χ4v) is 0.448. The highest BCUT2D eigenvalue weighted by atomic mass is 19.1. The van der Waals surface area contributed by atoms with Gasteiger partial charge in [0.05, 0.1) is 6.20 Å². The van der Waals surface area contributed by atoms with Gasteiger partial charge in [0.25, 0.3) is 0 Å². The van der Waals surface area contributed by atoms with E-state index in [-0.39, 0.29) is 0 Å². The summed E-state index contributed by atoms with van der Waals surface area (Å²) in [5.41, 5.74) is 0.590. The van der Waals surface area contributed by atoms with E-state index in [0.29, 0.717) is 5.56 Å². The molecule has 0 spiro atoms. The summed E-state index contributed by atoms with van der Waals surface area (Å²) >= 11 is 0. The van der Waals surface area contributed by atoms with Crippen molar-refractivity contribution in [2.75, 3.05) is 0 Å². The van der Waals surface area contributed by atoms with Gasteiger partial charge >= 0.3 is 0 Å². The van der Waals surface area contributed by atoms with E-state index < -0.39 is 0 Å². The molecule has 0 atom stereocenters.